The van der Waals surface area contributed by atoms with Crippen LogP contribution in [0, 0.1) is 0 Å². The Hall–Kier alpha value is -1.07. The van der Waals surface area contributed by atoms with Crippen LogP contribution in [0.5, 0.6) is 5.75 Å². The second-order valence-electron chi connectivity index (χ2n) is 5.70. The summed E-state index contributed by atoms with van der Waals surface area (Å²) in [5, 5.41) is 2.98. The second kappa shape index (κ2) is 3.71. The monoisotopic (exact) mass is 267 g/mol. The van der Waals surface area contributed by atoms with Gasteiger partial charge in [-0.3, -0.25) is 0 Å². The van der Waals surface area contributed by atoms with Crippen LogP contribution in [0.25, 0.3) is 0 Å². The van der Waals surface area contributed by atoms with Crippen molar-refractivity contribution in [2.24, 2.45) is 0 Å². The molecule has 5 heteroatoms. The molecule has 98 valence electrons. The van der Waals surface area contributed by atoms with E-state index >= 15 is 0 Å². The highest BCUT2D eigenvalue weighted by atomic mass is 32.2. The Labute approximate surface area is 107 Å². The van der Waals surface area contributed by atoms with Crippen LogP contribution in [0.2, 0.25) is 0 Å². The molecule has 0 aromatic heterocycles. The van der Waals surface area contributed by atoms with Crippen LogP contribution in [0.1, 0.15) is 25.5 Å². The lowest BCUT2D eigenvalue weighted by Gasteiger charge is -2.44. The standard InChI is InChI=1S/C13H17NO3S/c1-13(2)8-18(15,16)11-7-17-10-6-4-3-5-9(10)12(11)14-13/h3-6,11-12,14H,7-8H2,1-2H3. The van der Waals surface area contributed by atoms with Crippen LogP contribution >= 0.6 is 0 Å². The minimum absolute atomic E-state index is 0.159. The van der Waals surface area contributed by atoms with Crippen LogP contribution in [-0.2, 0) is 9.84 Å². The summed E-state index contributed by atoms with van der Waals surface area (Å²) in [6.07, 6.45) is 0. The van der Waals surface area contributed by atoms with Crippen molar-refractivity contribution in [3.63, 3.8) is 0 Å². The van der Waals surface area contributed by atoms with Crippen molar-refractivity contribution in [2.75, 3.05) is 12.4 Å². The lowest BCUT2D eigenvalue weighted by atomic mass is 9.96. The number of para-hydroxylation sites is 1. The number of sulfone groups is 1. The van der Waals surface area contributed by atoms with Gasteiger partial charge in [-0.05, 0) is 19.9 Å². The van der Waals surface area contributed by atoms with E-state index in [9.17, 15) is 8.42 Å². The Bertz CT molecular complexity index is 580. The summed E-state index contributed by atoms with van der Waals surface area (Å²) >= 11 is 0. The molecule has 2 unspecified atom stereocenters. The number of hydrogen-bond donors (Lipinski definition) is 1. The fourth-order valence-corrected chi connectivity index (χ4v) is 5.10. The molecule has 1 saturated heterocycles. The van der Waals surface area contributed by atoms with Crippen LogP contribution in [0.15, 0.2) is 24.3 Å². The molecule has 4 nitrogen and oxygen atoms in total. The van der Waals surface area contributed by atoms with Gasteiger partial charge in [0.25, 0.3) is 0 Å². The lowest BCUT2D eigenvalue weighted by molar-refractivity contribution is 0.221. The summed E-state index contributed by atoms with van der Waals surface area (Å²) in [5.74, 6) is 0.950. The zero-order valence-electron chi connectivity index (χ0n) is 10.5. The Kier molecular flexibility index (Phi) is 2.47. The first-order valence-electron chi connectivity index (χ1n) is 6.10. The van der Waals surface area contributed by atoms with Gasteiger partial charge in [-0.2, -0.15) is 0 Å². The normalized spacial score (nSPS) is 31.9. The molecule has 0 spiro atoms. The molecule has 1 fully saturated rings. The number of hydrogen-bond acceptors (Lipinski definition) is 4. The average Bonchev–Trinajstić information content (AvgIpc) is 2.26. The van der Waals surface area contributed by atoms with E-state index in [2.05, 4.69) is 5.32 Å². The van der Waals surface area contributed by atoms with E-state index < -0.39 is 20.6 Å². The van der Waals surface area contributed by atoms with E-state index in [1.165, 1.54) is 0 Å². The molecule has 0 aliphatic carbocycles. The average molecular weight is 267 g/mol. The van der Waals surface area contributed by atoms with Gasteiger partial charge in [0.2, 0.25) is 0 Å². The number of benzene rings is 1. The number of fused-ring (bicyclic) bond motifs is 3. The molecule has 1 aromatic carbocycles. The Morgan fingerprint density at radius 1 is 1.33 bits per heavy atom. The van der Waals surface area contributed by atoms with Crippen molar-refractivity contribution in [3.8, 4) is 5.75 Å². The van der Waals surface area contributed by atoms with E-state index in [1.807, 2.05) is 38.1 Å². The summed E-state index contributed by atoms with van der Waals surface area (Å²) in [6, 6.07) is 7.49. The van der Waals surface area contributed by atoms with E-state index in [0.29, 0.717) is 0 Å². The molecule has 2 aliphatic rings. The first-order chi connectivity index (χ1) is 8.39. The first kappa shape index (κ1) is 12.0. The smallest absolute Gasteiger partial charge is 0.160 e. The summed E-state index contributed by atoms with van der Waals surface area (Å²) in [7, 11) is -3.12. The van der Waals surface area contributed by atoms with Crippen LogP contribution in [0.3, 0.4) is 0 Å². The van der Waals surface area contributed by atoms with Gasteiger partial charge in [-0.15, -0.1) is 0 Å². The molecule has 3 rings (SSSR count). The third-order valence-electron chi connectivity index (χ3n) is 3.60. The van der Waals surface area contributed by atoms with Gasteiger partial charge in [0.1, 0.15) is 17.6 Å². The number of ether oxygens (including phenoxy) is 1. The predicted molar refractivity (Wildman–Crippen MR) is 69.5 cm³/mol. The van der Waals surface area contributed by atoms with Crippen LogP contribution in [-0.4, -0.2) is 31.6 Å². The summed E-state index contributed by atoms with van der Waals surface area (Å²) in [4.78, 5) is 0. The Morgan fingerprint density at radius 2 is 2.06 bits per heavy atom. The highest BCUT2D eigenvalue weighted by molar-refractivity contribution is 7.92. The first-order valence-corrected chi connectivity index (χ1v) is 7.82. The Morgan fingerprint density at radius 3 is 2.83 bits per heavy atom. The number of rotatable bonds is 0. The van der Waals surface area contributed by atoms with Gasteiger partial charge in [0.05, 0.1) is 11.8 Å². The summed E-state index contributed by atoms with van der Waals surface area (Å²) < 4.78 is 30.2. The maximum absolute atomic E-state index is 12.3. The van der Waals surface area contributed by atoms with Gasteiger partial charge in [0, 0.05) is 11.1 Å². The molecule has 0 saturated carbocycles. The maximum Gasteiger partial charge on any atom is 0.160 e. The minimum atomic E-state index is -3.12. The third-order valence-corrected chi connectivity index (χ3v) is 6.05. The number of nitrogens with one attached hydrogen (secondary N) is 1. The zero-order valence-corrected chi connectivity index (χ0v) is 11.3. The fraction of sp³-hybridized carbons (Fsp3) is 0.538. The molecule has 0 amide bonds. The molecule has 2 atom stereocenters. The predicted octanol–water partition coefficient (Wildman–Crippen LogP) is 1.29. The summed E-state index contributed by atoms with van der Waals surface area (Å²) in [5.41, 5.74) is 0.551. The molecule has 0 bridgehead atoms. The van der Waals surface area contributed by atoms with Crippen molar-refractivity contribution >= 4 is 9.84 Å². The van der Waals surface area contributed by atoms with Crippen molar-refractivity contribution in [1.29, 1.82) is 0 Å². The lowest BCUT2D eigenvalue weighted by Crippen LogP contribution is -2.60. The highest BCUT2D eigenvalue weighted by Gasteiger charge is 2.48. The molecule has 1 N–H and O–H groups in total. The molecule has 2 heterocycles. The zero-order chi connectivity index (χ0) is 13.0. The molecule has 0 radical (unpaired) electrons. The molecule has 18 heavy (non-hydrogen) atoms. The third kappa shape index (κ3) is 1.82. The van der Waals surface area contributed by atoms with E-state index in [1.54, 1.807) is 0 Å². The van der Waals surface area contributed by atoms with Crippen molar-refractivity contribution in [2.45, 2.75) is 30.7 Å². The minimum Gasteiger partial charge on any atom is -0.492 e. The second-order valence-corrected chi connectivity index (χ2v) is 7.92. The van der Waals surface area contributed by atoms with Crippen molar-refractivity contribution < 1.29 is 13.2 Å². The highest BCUT2D eigenvalue weighted by Crippen LogP contribution is 2.39. The van der Waals surface area contributed by atoms with E-state index in [-0.39, 0.29) is 18.4 Å². The quantitative estimate of drug-likeness (QED) is 0.769. The fourth-order valence-electron chi connectivity index (χ4n) is 2.89. The van der Waals surface area contributed by atoms with Gasteiger partial charge < -0.3 is 10.1 Å². The maximum atomic E-state index is 12.3. The van der Waals surface area contributed by atoms with E-state index in [0.717, 1.165) is 11.3 Å². The van der Waals surface area contributed by atoms with Gasteiger partial charge in [-0.25, -0.2) is 8.42 Å². The van der Waals surface area contributed by atoms with Crippen LogP contribution < -0.4 is 10.1 Å². The Balaban J connectivity index is 2.10. The van der Waals surface area contributed by atoms with Gasteiger partial charge in [0.15, 0.2) is 9.84 Å². The molecular weight excluding hydrogens is 250 g/mol. The largest absolute Gasteiger partial charge is 0.492 e. The van der Waals surface area contributed by atoms with Gasteiger partial charge >= 0.3 is 0 Å². The topological polar surface area (TPSA) is 55.4 Å². The molecule has 1 aromatic rings. The van der Waals surface area contributed by atoms with Crippen molar-refractivity contribution in [1.82, 2.24) is 5.32 Å². The molecular formula is C13H17NO3S. The van der Waals surface area contributed by atoms with Crippen LogP contribution in [0.4, 0.5) is 0 Å². The van der Waals surface area contributed by atoms with Crippen molar-refractivity contribution in [3.05, 3.63) is 29.8 Å². The SMILES string of the molecule is CC1(C)CS(=O)(=O)C2COc3ccccc3C2N1. The summed E-state index contributed by atoms with van der Waals surface area (Å²) in [6.45, 7) is 4.10. The molecule has 2 aliphatic heterocycles. The van der Waals surface area contributed by atoms with Gasteiger partial charge in [-0.1, -0.05) is 18.2 Å². The van der Waals surface area contributed by atoms with E-state index in [4.69, 9.17) is 4.74 Å².